The zero-order chi connectivity index (χ0) is 13.1. The first kappa shape index (κ1) is 14.0. The van der Waals surface area contributed by atoms with Crippen molar-refractivity contribution < 1.29 is 4.74 Å². The van der Waals surface area contributed by atoms with E-state index in [2.05, 4.69) is 21.2 Å². The Bertz CT molecular complexity index is 559. The van der Waals surface area contributed by atoms with Crippen LogP contribution in [0.25, 0.3) is 0 Å². The molecule has 0 unspecified atom stereocenters. The largest absolute Gasteiger partial charge is 0.493 e. The van der Waals surface area contributed by atoms with Crippen molar-refractivity contribution in [2.45, 2.75) is 6.54 Å². The van der Waals surface area contributed by atoms with Crippen LogP contribution in [0, 0.1) is 0 Å². The van der Waals surface area contributed by atoms with Gasteiger partial charge in [0.2, 0.25) is 0 Å². The predicted molar refractivity (Wildman–Crippen MR) is 82.4 cm³/mol. The zero-order valence-electron chi connectivity index (χ0n) is 9.47. The smallest absolute Gasteiger partial charge is 0.156 e. The normalized spacial score (nSPS) is 10.4. The Balaban J connectivity index is 2.18. The second-order valence-corrected chi connectivity index (χ2v) is 6.28. The molecule has 6 heteroatoms. The summed E-state index contributed by atoms with van der Waals surface area (Å²) in [7, 11) is 1.63. The lowest BCUT2D eigenvalue weighted by atomic mass is 10.3. The molecule has 1 aromatic carbocycles. The lowest BCUT2D eigenvalue weighted by Crippen LogP contribution is -2.00. The van der Waals surface area contributed by atoms with Crippen LogP contribution in [0.4, 0.5) is 5.69 Å². The number of hydrogen-bond donors (Lipinski definition) is 1. The van der Waals surface area contributed by atoms with Crippen LogP contribution in [0.1, 0.15) is 4.88 Å². The fourth-order valence-corrected chi connectivity index (χ4v) is 3.51. The van der Waals surface area contributed by atoms with Gasteiger partial charge in [-0.1, -0.05) is 23.2 Å². The highest BCUT2D eigenvalue weighted by Gasteiger charge is 2.09. The number of thiophene rings is 1. The number of rotatable bonds is 4. The van der Waals surface area contributed by atoms with Gasteiger partial charge in [-0.25, -0.2) is 0 Å². The molecular weight excluding hydrogens is 357 g/mol. The third-order valence-electron chi connectivity index (χ3n) is 2.29. The van der Waals surface area contributed by atoms with E-state index >= 15 is 0 Å². The average Bonchev–Trinajstić information content (AvgIpc) is 2.72. The summed E-state index contributed by atoms with van der Waals surface area (Å²) in [6.45, 7) is 0.681. The van der Waals surface area contributed by atoms with Crippen molar-refractivity contribution in [1.82, 2.24) is 0 Å². The number of anilines is 1. The zero-order valence-corrected chi connectivity index (χ0v) is 13.4. The summed E-state index contributed by atoms with van der Waals surface area (Å²) in [6, 6.07) is 5.57. The molecule has 0 saturated heterocycles. The number of hydrogen-bond acceptors (Lipinski definition) is 3. The van der Waals surface area contributed by atoms with Crippen molar-refractivity contribution in [2.75, 3.05) is 12.4 Å². The number of ether oxygens (including phenoxy) is 1. The predicted octanol–water partition coefficient (Wildman–Crippen LogP) is 5.44. The van der Waals surface area contributed by atoms with E-state index in [1.54, 1.807) is 24.5 Å². The van der Waals surface area contributed by atoms with Gasteiger partial charge in [0.25, 0.3) is 0 Å². The Labute approximate surface area is 128 Å². The van der Waals surface area contributed by atoms with Gasteiger partial charge in [0, 0.05) is 21.8 Å². The van der Waals surface area contributed by atoms with E-state index in [-0.39, 0.29) is 0 Å². The van der Waals surface area contributed by atoms with E-state index in [1.165, 1.54) is 0 Å². The minimum atomic E-state index is 0.648. The van der Waals surface area contributed by atoms with Gasteiger partial charge in [-0.05, 0) is 34.1 Å². The topological polar surface area (TPSA) is 21.3 Å². The van der Waals surface area contributed by atoms with E-state index < -0.39 is 0 Å². The van der Waals surface area contributed by atoms with E-state index in [1.807, 2.05) is 17.5 Å². The number of methoxy groups -OCH3 is 1. The van der Waals surface area contributed by atoms with Gasteiger partial charge in [-0.3, -0.25) is 0 Å². The fraction of sp³-hybridized carbons (Fsp3) is 0.167. The molecule has 18 heavy (non-hydrogen) atoms. The van der Waals surface area contributed by atoms with Crippen LogP contribution in [-0.4, -0.2) is 7.11 Å². The second kappa shape index (κ2) is 6.15. The maximum absolute atomic E-state index is 6.02. The highest BCUT2D eigenvalue weighted by molar-refractivity contribution is 9.10. The van der Waals surface area contributed by atoms with Gasteiger partial charge < -0.3 is 10.1 Å². The van der Waals surface area contributed by atoms with E-state index in [4.69, 9.17) is 27.9 Å². The van der Waals surface area contributed by atoms with E-state index in [9.17, 15) is 0 Å². The Kier molecular flexibility index (Phi) is 4.78. The first-order valence-corrected chi connectivity index (χ1v) is 7.53. The quantitative estimate of drug-likeness (QED) is 0.777. The molecule has 2 rings (SSSR count). The van der Waals surface area contributed by atoms with Gasteiger partial charge in [-0.15, -0.1) is 11.3 Å². The molecule has 2 aromatic rings. The van der Waals surface area contributed by atoms with Gasteiger partial charge >= 0.3 is 0 Å². The molecule has 0 aliphatic rings. The van der Waals surface area contributed by atoms with Crippen LogP contribution in [0.5, 0.6) is 5.75 Å². The van der Waals surface area contributed by atoms with Crippen molar-refractivity contribution in [2.24, 2.45) is 0 Å². The Hall–Kier alpha value is -0.420. The molecule has 0 bridgehead atoms. The molecule has 2 nitrogen and oxygen atoms in total. The van der Waals surface area contributed by atoms with Gasteiger partial charge in [0.1, 0.15) is 0 Å². The molecular formula is C12H10BrCl2NOS. The third-order valence-corrected chi connectivity index (χ3v) is 4.38. The van der Waals surface area contributed by atoms with Gasteiger partial charge in [-0.2, -0.15) is 0 Å². The summed E-state index contributed by atoms with van der Waals surface area (Å²) in [4.78, 5) is 1.15. The molecule has 0 aliphatic carbocycles. The SMILES string of the molecule is COc1c(Br)cc(Cl)cc1NCc1cc(Cl)cs1. The summed E-state index contributed by atoms with van der Waals surface area (Å²) in [5.41, 5.74) is 0.849. The number of halogens is 3. The first-order valence-electron chi connectivity index (χ1n) is 5.10. The summed E-state index contributed by atoms with van der Waals surface area (Å²) in [5.74, 6) is 0.738. The van der Waals surface area contributed by atoms with Crippen molar-refractivity contribution >= 4 is 56.2 Å². The maximum atomic E-state index is 6.02. The fourth-order valence-electron chi connectivity index (χ4n) is 1.53. The lowest BCUT2D eigenvalue weighted by molar-refractivity contribution is 0.414. The highest BCUT2D eigenvalue weighted by Crippen LogP contribution is 2.36. The minimum absolute atomic E-state index is 0.648. The summed E-state index contributed by atoms with van der Waals surface area (Å²) < 4.78 is 6.16. The molecule has 1 N–H and O–H groups in total. The van der Waals surface area contributed by atoms with Crippen LogP contribution >= 0.6 is 50.5 Å². The molecule has 0 atom stereocenters. The van der Waals surface area contributed by atoms with Crippen molar-refractivity contribution in [3.8, 4) is 5.75 Å². The van der Waals surface area contributed by atoms with Crippen LogP contribution in [0.15, 0.2) is 28.1 Å². The Morgan fingerprint density at radius 3 is 2.67 bits per heavy atom. The molecule has 1 aromatic heterocycles. The first-order chi connectivity index (χ1) is 8.60. The van der Waals surface area contributed by atoms with Gasteiger partial charge in [0.15, 0.2) is 5.75 Å². The van der Waals surface area contributed by atoms with Crippen molar-refractivity contribution in [3.63, 3.8) is 0 Å². The average molecular weight is 367 g/mol. The lowest BCUT2D eigenvalue weighted by Gasteiger charge is -2.12. The Morgan fingerprint density at radius 2 is 2.06 bits per heavy atom. The summed E-state index contributed by atoms with van der Waals surface area (Å²) in [6.07, 6.45) is 0. The highest BCUT2D eigenvalue weighted by atomic mass is 79.9. The van der Waals surface area contributed by atoms with E-state index in [0.717, 1.165) is 25.8 Å². The molecule has 0 aliphatic heterocycles. The van der Waals surface area contributed by atoms with E-state index in [0.29, 0.717) is 11.6 Å². The molecule has 0 amide bonds. The molecule has 0 spiro atoms. The second-order valence-electron chi connectivity index (χ2n) is 3.55. The molecule has 0 radical (unpaired) electrons. The van der Waals surface area contributed by atoms with Crippen molar-refractivity contribution in [3.05, 3.63) is 43.0 Å². The van der Waals surface area contributed by atoms with Crippen molar-refractivity contribution in [1.29, 1.82) is 0 Å². The molecule has 1 heterocycles. The number of benzene rings is 1. The Morgan fingerprint density at radius 1 is 1.28 bits per heavy atom. The van der Waals surface area contributed by atoms with Crippen LogP contribution in [0.2, 0.25) is 10.0 Å². The van der Waals surface area contributed by atoms with Gasteiger partial charge in [0.05, 0.1) is 22.3 Å². The molecule has 0 fully saturated rings. The summed E-state index contributed by atoms with van der Waals surface area (Å²) >= 11 is 16.9. The third kappa shape index (κ3) is 3.32. The minimum Gasteiger partial charge on any atom is -0.493 e. The van der Waals surface area contributed by atoms with Crippen LogP contribution in [0.3, 0.4) is 0 Å². The van der Waals surface area contributed by atoms with Crippen LogP contribution < -0.4 is 10.1 Å². The number of nitrogens with one attached hydrogen (secondary N) is 1. The maximum Gasteiger partial charge on any atom is 0.156 e. The monoisotopic (exact) mass is 365 g/mol. The standard InChI is InChI=1S/C12H10BrCl2NOS/c1-17-12-10(13)3-7(14)4-11(12)16-5-9-2-8(15)6-18-9/h2-4,6,16H,5H2,1H3. The molecule has 0 saturated carbocycles. The van der Waals surface area contributed by atoms with Crippen LogP contribution in [-0.2, 0) is 6.54 Å². The summed E-state index contributed by atoms with van der Waals surface area (Å²) in [5, 5.41) is 6.60. The molecule has 96 valence electrons.